The lowest BCUT2D eigenvalue weighted by molar-refractivity contribution is -0.169. The number of anilines is 1. The first-order valence-corrected chi connectivity index (χ1v) is 6.93. The quantitative estimate of drug-likeness (QED) is 0.865. The Morgan fingerprint density at radius 1 is 1.35 bits per heavy atom. The molecule has 20 heavy (non-hydrogen) atoms. The van der Waals surface area contributed by atoms with E-state index in [1.54, 1.807) is 13.2 Å². The summed E-state index contributed by atoms with van der Waals surface area (Å²) >= 11 is 0. The Balaban J connectivity index is 1.70. The van der Waals surface area contributed by atoms with Crippen LogP contribution in [0.25, 0.3) is 0 Å². The number of carbonyl (C=O) groups excluding carboxylic acids is 1. The van der Waals surface area contributed by atoms with Crippen LogP contribution in [0.4, 0.5) is 5.69 Å². The van der Waals surface area contributed by atoms with Crippen molar-refractivity contribution in [2.75, 3.05) is 38.3 Å². The Kier molecular flexibility index (Phi) is 3.58. The Bertz CT molecular complexity index is 490. The Hall–Kier alpha value is -1.66. The summed E-state index contributed by atoms with van der Waals surface area (Å²) in [4.78, 5) is 17.9. The van der Waals surface area contributed by atoms with Crippen molar-refractivity contribution in [2.45, 2.75) is 18.6 Å². The molecule has 0 aromatic carbocycles. The van der Waals surface area contributed by atoms with Crippen LogP contribution in [0.1, 0.15) is 23.3 Å². The summed E-state index contributed by atoms with van der Waals surface area (Å²) < 4.78 is 11.4. The molecule has 1 spiro atoms. The number of rotatable bonds is 2. The number of hydrogen-bond acceptors (Lipinski definition) is 5. The van der Waals surface area contributed by atoms with Crippen molar-refractivity contribution in [3.05, 3.63) is 24.0 Å². The molecule has 6 nitrogen and oxygen atoms in total. The summed E-state index contributed by atoms with van der Waals surface area (Å²) in [7, 11) is 1.61. The second-order valence-corrected chi connectivity index (χ2v) is 5.07. The van der Waals surface area contributed by atoms with Crippen molar-refractivity contribution >= 4 is 11.6 Å². The van der Waals surface area contributed by atoms with E-state index in [2.05, 4.69) is 15.2 Å². The van der Waals surface area contributed by atoms with E-state index >= 15 is 0 Å². The third kappa shape index (κ3) is 2.48. The van der Waals surface area contributed by atoms with Crippen LogP contribution < -0.4 is 10.2 Å². The molecular weight excluding hydrogens is 258 g/mol. The molecule has 1 aromatic heterocycles. The highest BCUT2D eigenvalue weighted by Crippen LogP contribution is 2.33. The van der Waals surface area contributed by atoms with E-state index in [-0.39, 0.29) is 11.7 Å². The van der Waals surface area contributed by atoms with Gasteiger partial charge in [-0.3, -0.25) is 9.78 Å². The van der Waals surface area contributed by atoms with E-state index in [1.807, 2.05) is 12.1 Å². The number of nitrogens with one attached hydrogen (secondary N) is 1. The van der Waals surface area contributed by atoms with Crippen LogP contribution in [0.2, 0.25) is 0 Å². The summed E-state index contributed by atoms with van der Waals surface area (Å²) in [5, 5.41) is 2.59. The molecule has 3 heterocycles. The van der Waals surface area contributed by atoms with E-state index in [0.29, 0.717) is 18.9 Å². The summed E-state index contributed by atoms with van der Waals surface area (Å²) in [5.41, 5.74) is 1.46. The fourth-order valence-corrected chi connectivity index (χ4v) is 2.76. The monoisotopic (exact) mass is 277 g/mol. The highest BCUT2D eigenvalue weighted by atomic mass is 16.7. The fraction of sp³-hybridized carbons (Fsp3) is 0.571. The Morgan fingerprint density at radius 2 is 2.05 bits per heavy atom. The molecule has 108 valence electrons. The molecule has 1 aromatic rings. The largest absolute Gasteiger partial charge is 0.371 e. The van der Waals surface area contributed by atoms with Crippen LogP contribution in [0.15, 0.2) is 18.3 Å². The number of hydrogen-bond donors (Lipinski definition) is 1. The van der Waals surface area contributed by atoms with Crippen LogP contribution in [0.3, 0.4) is 0 Å². The standard InChI is InChI=1S/C14H19N3O3/c1-15-13(18)12-10-11(2-5-16-12)17-6-3-14(4-7-17)19-8-9-20-14/h2,5,10H,3-4,6-9H2,1H3,(H,15,18). The minimum Gasteiger partial charge on any atom is -0.371 e. The molecule has 1 amide bonds. The SMILES string of the molecule is CNC(=O)c1cc(N2CCC3(CC2)OCCO3)ccn1. The van der Waals surface area contributed by atoms with Gasteiger partial charge in [-0.05, 0) is 12.1 Å². The van der Waals surface area contributed by atoms with Gasteiger partial charge in [0, 0.05) is 44.9 Å². The summed E-state index contributed by atoms with van der Waals surface area (Å²) in [6.45, 7) is 3.10. The number of aromatic nitrogens is 1. The molecule has 2 aliphatic rings. The number of ether oxygens (including phenoxy) is 2. The predicted molar refractivity (Wildman–Crippen MR) is 73.7 cm³/mol. The number of carbonyl (C=O) groups is 1. The van der Waals surface area contributed by atoms with Crippen molar-refractivity contribution < 1.29 is 14.3 Å². The van der Waals surface area contributed by atoms with Gasteiger partial charge in [0.15, 0.2) is 5.79 Å². The first-order chi connectivity index (χ1) is 9.72. The summed E-state index contributed by atoms with van der Waals surface area (Å²) in [6.07, 6.45) is 3.38. The van der Waals surface area contributed by atoms with Crippen molar-refractivity contribution in [3.8, 4) is 0 Å². The summed E-state index contributed by atoms with van der Waals surface area (Å²) in [6, 6.07) is 3.76. The Morgan fingerprint density at radius 3 is 2.70 bits per heavy atom. The van der Waals surface area contributed by atoms with E-state index in [9.17, 15) is 4.79 Å². The maximum absolute atomic E-state index is 11.6. The van der Waals surface area contributed by atoms with E-state index < -0.39 is 0 Å². The first-order valence-electron chi connectivity index (χ1n) is 6.93. The van der Waals surface area contributed by atoms with Gasteiger partial charge < -0.3 is 19.7 Å². The fourth-order valence-electron chi connectivity index (χ4n) is 2.76. The molecule has 6 heteroatoms. The number of amides is 1. The second-order valence-electron chi connectivity index (χ2n) is 5.07. The highest BCUT2D eigenvalue weighted by Gasteiger charge is 2.39. The normalized spacial score (nSPS) is 21.1. The minimum atomic E-state index is -0.368. The maximum atomic E-state index is 11.6. The van der Waals surface area contributed by atoms with E-state index in [1.165, 1.54) is 0 Å². The molecular formula is C14H19N3O3. The number of piperidine rings is 1. The number of pyridine rings is 1. The van der Waals surface area contributed by atoms with Crippen molar-refractivity contribution in [1.29, 1.82) is 0 Å². The molecule has 0 unspecified atom stereocenters. The molecule has 1 N–H and O–H groups in total. The van der Waals surface area contributed by atoms with Crippen molar-refractivity contribution in [1.82, 2.24) is 10.3 Å². The van der Waals surface area contributed by atoms with Gasteiger partial charge in [0.05, 0.1) is 13.2 Å². The molecule has 0 bridgehead atoms. The van der Waals surface area contributed by atoms with Crippen LogP contribution in [-0.4, -0.2) is 50.0 Å². The zero-order chi connectivity index (χ0) is 14.0. The molecule has 0 saturated carbocycles. The van der Waals surface area contributed by atoms with Crippen LogP contribution >= 0.6 is 0 Å². The Labute approximate surface area is 118 Å². The second kappa shape index (κ2) is 5.38. The molecule has 2 aliphatic heterocycles. The molecule has 3 rings (SSSR count). The molecule has 0 radical (unpaired) electrons. The van der Waals surface area contributed by atoms with Crippen LogP contribution in [-0.2, 0) is 9.47 Å². The van der Waals surface area contributed by atoms with Gasteiger partial charge in [-0.25, -0.2) is 0 Å². The highest BCUT2D eigenvalue weighted by molar-refractivity contribution is 5.92. The number of nitrogens with zero attached hydrogens (tertiary/aromatic N) is 2. The molecule has 0 atom stereocenters. The van der Waals surface area contributed by atoms with Gasteiger partial charge in [-0.1, -0.05) is 0 Å². The lowest BCUT2D eigenvalue weighted by atomic mass is 10.0. The van der Waals surface area contributed by atoms with Crippen molar-refractivity contribution in [3.63, 3.8) is 0 Å². The molecule has 2 saturated heterocycles. The average Bonchev–Trinajstić information content (AvgIpc) is 2.95. The predicted octanol–water partition coefficient (Wildman–Crippen LogP) is 0.784. The minimum absolute atomic E-state index is 0.164. The third-order valence-electron chi connectivity index (χ3n) is 3.91. The third-order valence-corrected chi connectivity index (χ3v) is 3.91. The van der Waals surface area contributed by atoms with Gasteiger partial charge in [0.1, 0.15) is 5.69 Å². The lowest BCUT2D eigenvalue weighted by Gasteiger charge is -2.38. The van der Waals surface area contributed by atoms with E-state index in [4.69, 9.17) is 9.47 Å². The van der Waals surface area contributed by atoms with E-state index in [0.717, 1.165) is 31.6 Å². The first kappa shape index (κ1) is 13.3. The average molecular weight is 277 g/mol. The van der Waals surface area contributed by atoms with Gasteiger partial charge in [0.25, 0.3) is 5.91 Å². The zero-order valence-electron chi connectivity index (χ0n) is 11.6. The van der Waals surface area contributed by atoms with Gasteiger partial charge in [-0.2, -0.15) is 0 Å². The topological polar surface area (TPSA) is 63.7 Å². The smallest absolute Gasteiger partial charge is 0.269 e. The molecule has 0 aliphatic carbocycles. The van der Waals surface area contributed by atoms with Crippen LogP contribution in [0, 0.1) is 0 Å². The molecule has 2 fully saturated rings. The lowest BCUT2D eigenvalue weighted by Crippen LogP contribution is -2.45. The zero-order valence-corrected chi connectivity index (χ0v) is 11.6. The van der Waals surface area contributed by atoms with Crippen molar-refractivity contribution in [2.24, 2.45) is 0 Å². The van der Waals surface area contributed by atoms with Gasteiger partial charge in [-0.15, -0.1) is 0 Å². The summed E-state index contributed by atoms with van der Waals surface area (Å²) in [5.74, 6) is -0.532. The maximum Gasteiger partial charge on any atom is 0.269 e. The van der Waals surface area contributed by atoms with Gasteiger partial charge in [0.2, 0.25) is 0 Å². The van der Waals surface area contributed by atoms with Gasteiger partial charge >= 0.3 is 0 Å². The van der Waals surface area contributed by atoms with Crippen LogP contribution in [0.5, 0.6) is 0 Å².